The third-order valence-corrected chi connectivity index (χ3v) is 5.06. The summed E-state index contributed by atoms with van der Waals surface area (Å²) in [6, 6.07) is 0. The predicted octanol–water partition coefficient (Wildman–Crippen LogP) is 0.877. The summed E-state index contributed by atoms with van der Waals surface area (Å²) in [5.74, 6) is -1.03. The quantitative estimate of drug-likeness (QED) is 0.473. The number of hydrogen-bond donors (Lipinski definition) is 2. The maximum atomic E-state index is 12.5. The van der Waals surface area contributed by atoms with Gasteiger partial charge in [-0.3, -0.25) is 14.4 Å². The molecule has 1 amide bonds. The lowest BCUT2D eigenvalue weighted by Crippen LogP contribution is -2.45. The van der Waals surface area contributed by atoms with Gasteiger partial charge in [-0.05, 0) is 6.42 Å². The highest BCUT2D eigenvalue weighted by Crippen LogP contribution is 2.45. The monoisotopic (exact) mass is 378 g/mol. The van der Waals surface area contributed by atoms with E-state index in [1.165, 1.54) is 14.2 Å². The summed E-state index contributed by atoms with van der Waals surface area (Å²) in [7, 11) is 1.12. The van der Waals surface area contributed by atoms with Gasteiger partial charge in [0, 0.05) is 18.5 Å². The molecule has 0 aliphatic carbocycles. The SMILES string of the molecule is COC(=O)CCNC(=O)C1OP(NCCC(=O)OC)OCCC1(C)C. The maximum Gasteiger partial charge on any atom is 0.307 e. The van der Waals surface area contributed by atoms with Crippen LogP contribution in [0.1, 0.15) is 33.1 Å². The fraction of sp³-hybridized carbons (Fsp3) is 0.800. The van der Waals surface area contributed by atoms with E-state index >= 15 is 0 Å². The molecule has 0 aromatic rings. The lowest BCUT2D eigenvalue weighted by Gasteiger charge is -2.31. The molecule has 2 N–H and O–H groups in total. The van der Waals surface area contributed by atoms with Crippen LogP contribution < -0.4 is 10.4 Å². The van der Waals surface area contributed by atoms with Gasteiger partial charge in [-0.1, -0.05) is 13.8 Å². The van der Waals surface area contributed by atoms with Crippen molar-refractivity contribution in [1.29, 1.82) is 0 Å². The molecule has 0 spiro atoms. The Bertz CT molecular complexity index is 473. The predicted molar refractivity (Wildman–Crippen MR) is 90.4 cm³/mol. The first-order valence-corrected chi connectivity index (χ1v) is 9.22. The average molecular weight is 378 g/mol. The smallest absolute Gasteiger partial charge is 0.307 e. The van der Waals surface area contributed by atoms with E-state index in [0.29, 0.717) is 19.6 Å². The highest BCUT2D eigenvalue weighted by molar-refractivity contribution is 7.45. The van der Waals surface area contributed by atoms with Crippen LogP contribution in [-0.4, -0.2) is 57.9 Å². The summed E-state index contributed by atoms with van der Waals surface area (Å²) in [5.41, 5.74) is -0.434. The maximum absolute atomic E-state index is 12.5. The van der Waals surface area contributed by atoms with Crippen LogP contribution in [0.25, 0.3) is 0 Å². The first kappa shape index (κ1) is 21.8. The third kappa shape index (κ3) is 7.64. The van der Waals surface area contributed by atoms with Crippen molar-refractivity contribution in [3.63, 3.8) is 0 Å². The number of nitrogens with one attached hydrogen (secondary N) is 2. The van der Waals surface area contributed by atoms with Gasteiger partial charge in [0.05, 0.1) is 33.7 Å². The lowest BCUT2D eigenvalue weighted by molar-refractivity contribution is -0.141. The van der Waals surface area contributed by atoms with Crippen molar-refractivity contribution in [2.45, 2.75) is 39.2 Å². The summed E-state index contributed by atoms with van der Waals surface area (Å²) < 4.78 is 20.6. The summed E-state index contributed by atoms with van der Waals surface area (Å²) in [4.78, 5) is 34.8. The van der Waals surface area contributed by atoms with Crippen LogP contribution in [0, 0.1) is 5.41 Å². The Labute approximate surface area is 149 Å². The van der Waals surface area contributed by atoms with E-state index < -0.39 is 26.0 Å². The third-order valence-electron chi connectivity index (χ3n) is 3.76. The molecule has 1 aliphatic rings. The average Bonchev–Trinajstić information content (AvgIpc) is 2.72. The number of amides is 1. The van der Waals surface area contributed by atoms with Gasteiger partial charge in [0.15, 0.2) is 0 Å². The fourth-order valence-corrected chi connectivity index (χ4v) is 3.46. The summed E-state index contributed by atoms with van der Waals surface area (Å²) >= 11 is 0. The van der Waals surface area contributed by atoms with E-state index in [4.69, 9.17) is 9.05 Å². The Balaban J connectivity index is 2.58. The summed E-state index contributed by atoms with van der Waals surface area (Å²) in [5, 5.41) is 5.69. The molecule has 0 saturated carbocycles. The first-order chi connectivity index (χ1) is 11.8. The molecule has 1 heterocycles. The van der Waals surface area contributed by atoms with E-state index in [2.05, 4.69) is 19.9 Å². The van der Waals surface area contributed by atoms with Gasteiger partial charge in [-0.25, -0.2) is 5.09 Å². The van der Waals surface area contributed by atoms with Gasteiger partial charge in [0.1, 0.15) is 6.10 Å². The highest BCUT2D eigenvalue weighted by atomic mass is 31.2. The van der Waals surface area contributed by atoms with Gasteiger partial charge in [0.25, 0.3) is 8.53 Å². The Morgan fingerprint density at radius 3 is 2.32 bits per heavy atom. The standard InChI is InChI=1S/C15H27N2O7P/c1-15(2)7-10-23-25(17-9-6-12(19)22-4)24-13(15)14(20)16-8-5-11(18)21-3/h13,17H,5-10H2,1-4H3,(H,16,20). The van der Waals surface area contributed by atoms with Crippen molar-refractivity contribution in [1.82, 2.24) is 10.4 Å². The van der Waals surface area contributed by atoms with Gasteiger partial charge >= 0.3 is 11.9 Å². The van der Waals surface area contributed by atoms with Crippen LogP contribution in [0.5, 0.6) is 0 Å². The number of hydrogen-bond acceptors (Lipinski definition) is 8. The molecule has 144 valence electrons. The zero-order valence-electron chi connectivity index (χ0n) is 15.1. The molecule has 1 aliphatic heterocycles. The van der Waals surface area contributed by atoms with Crippen LogP contribution in [0.15, 0.2) is 0 Å². The van der Waals surface area contributed by atoms with Crippen molar-refractivity contribution >= 4 is 26.4 Å². The normalized spacial score (nSPS) is 22.6. The molecule has 1 fully saturated rings. The highest BCUT2D eigenvalue weighted by Gasteiger charge is 2.40. The lowest BCUT2D eigenvalue weighted by atomic mass is 9.83. The van der Waals surface area contributed by atoms with Gasteiger partial charge in [-0.2, -0.15) is 0 Å². The minimum atomic E-state index is -1.50. The van der Waals surface area contributed by atoms with Crippen LogP contribution in [-0.2, 0) is 32.9 Å². The van der Waals surface area contributed by atoms with E-state index in [1.54, 1.807) is 0 Å². The van der Waals surface area contributed by atoms with Crippen LogP contribution in [0.2, 0.25) is 0 Å². The van der Waals surface area contributed by atoms with E-state index in [1.807, 2.05) is 13.8 Å². The van der Waals surface area contributed by atoms with Crippen LogP contribution in [0.3, 0.4) is 0 Å². The Hall–Kier alpha value is -1.28. The zero-order valence-corrected chi connectivity index (χ0v) is 16.0. The van der Waals surface area contributed by atoms with Crippen molar-refractivity contribution < 1.29 is 32.9 Å². The van der Waals surface area contributed by atoms with E-state index in [0.717, 1.165) is 0 Å². The van der Waals surface area contributed by atoms with Crippen molar-refractivity contribution in [3.05, 3.63) is 0 Å². The number of esters is 2. The molecule has 1 rings (SSSR count). The second kappa shape index (κ2) is 10.7. The van der Waals surface area contributed by atoms with Crippen LogP contribution in [0.4, 0.5) is 0 Å². The van der Waals surface area contributed by atoms with Crippen molar-refractivity contribution in [3.8, 4) is 0 Å². The number of methoxy groups -OCH3 is 2. The molecule has 0 aromatic heterocycles. The minimum Gasteiger partial charge on any atom is -0.469 e. The molecular formula is C15H27N2O7P. The number of carbonyl (C=O) groups excluding carboxylic acids is 3. The molecule has 10 heteroatoms. The summed E-state index contributed by atoms with van der Waals surface area (Å²) in [6.07, 6.45) is 0.184. The topological polar surface area (TPSA) is 112 Å². The van der Waals surface area contributed by atoms with Crippen molar-refractivity contribution in [2.24, 2.45) is 5.41 Å². The van der Waals surface area contributed by atoms with Crippen molar-refractivity contribution in [2.75, 3.05) is 33.9 Å². The van der Waals surface area contributed by atoms with Crippen LogP contribution >= 0.6 is 8.53 Å². The van der Waals surface area contributed by atoms with Gasteiger partial charge in [0.2, 0.25) is 5.91 Å². The fourth-order valence-electron chi connectivity index (χ4n) is 2.11. The molecule has 1 saturated heterocycles. The molecule has 0 radical (unpaired) electrons. The number of carbonyl (C=O) groups is 3. The van der Waals surface area contributed by atoms with E-state index in [-0.39, 0.29) is 31.3 Å². The second-order valence-electron chi connectivity index (χ2n) is 6.17. The summed E-state index contributed by atoms with van der Waals surface area (Å²) in [6.45, 7) is 4.80. The largest absolute Gasteiger partial charge is 0.469 e. The Morgan fingerprint density at radius 2 is 1.72 bits per heavy atom. The molecular weight excluding hydrogens is 351 g/mol. The van der Waals surface area contributed by atoms with Gasteiger partial charge < -0.3 is 23.8 Å². The minimum absolute atomic E-state index is 0.0953. The van der Waals surface area contributed by atoms with Gasteiger partial charge in [-0.15, -0.1) is 0 Å². The molecule has 0 aromatic carbocycles. The molecule has 2 atom stereocenters. The number of rotatable bonds is 8. The Kier molecular flexibility index (Phi) is 9.27. The molecule has 0 bridgehead atoms. The molecule has 25 heavy (non-hydrogen) atoms. The Morgan fingerprint density at radius 1 is 1.12 bits per heavy atom. The zero-order chi connectivity index (χ0) is 18.9. The first-order valence-electron chi connectivity index (χ1n) is 8.05. The second-order valence-corrected chi connectivity index (χ2v) is 7.47. The molecule has 2 unspecified atom stereocenters. The van der Waals surface area contributed by atoms with E-state index in [9.17, 15) is 14.4 Å². The molecule has 9 nitrogen and oxygen atoms in total. The number of ether oxygens (including phenoxy) is 2.